The van der Waals surface area contributed by atoms with Crippen LogP contribution in [0.5, 0.6) is 5.88 Å². The van der Waals surface area contributed by atoms with E-state index in [4.69, 9.17) is 22.1 Å². The molecule has 0 aliphatic carbocycles. The Morgan fingerprint density at radius 2 is 1.84 bits per heavy atom. The zero-order valence-corrected chi connectivity index (χ0v) is 13.9. The minimum absolute atomic E-state index is 0.0116. The molecule has 25 heavy (non-hydrogen) atoms. The van der Waals surface area contributed by atoms with Crippen molar-refractivity contribution in [2.24, 2.45) is 0 Å². The minimum atomic E-state index is -0.917. The molecule has 0 aliphatic heterocycles. The van der Waals surface area contributed by atoms with Crippen molar-refractivity contribution in [3.63, 3.8) is 0 Å². The number of halogens is 3. The van der Waals surface area contributed by atoms with Gasteiger partial charge in [0, 0.05) is 11.1 Å². The van der Waals surface area contributed by atoms with Gasteiger partial charge in [0.15, 0.2) is 5.82 Å². The lowest BCUT2D eigenvalue weighted by atomic mass is 10.1. The summed E-state index contributed by atoms with van der Waals surface area (Å²) in [5.41, 5.74) is 7.00. The van der Waals surface area contributed by atoms with Crippen molar-refractivity contribution < 1.29 is 13.5 Å². The average Bonchev–Trinajstić information content (AvgIpc) is 2.61. The van der Waals surface area contributed by atoms with Crippen molar-refractivity contribution in [2.75, 3.05) is 5.73 Å². The van der Waals surface area contributed by atoms with E-state index in [1.165, 1.54) is 13.1 Å². The molecule has 2 aromatic carbocycles. The average molecular weight is 361 g/mol. The number of nitrogens with zero attached hydrogens (tertiary/aromatic N) is 2. The first-order chi connectivity index (χ1) is 12.0. The topological polar surface area (TPSA) is 61.0 Å². The van der Waals surface area contributed by atoms with Crippen LogP contribution in [0, 0.1) is 17.7 Å². The number of nitrogens with two attached hydrogens (primary N) is 1. The Labute approximate surface area is 148 Å². The van der Waals surface area contributed by atoms with E-state index in [1.54, 1.807) is 24.3 Å². The van der Waals surface area contributed by atoms with Crippen LogP contribution >= 0.6 is 11.6 Å². The van der Waals surface area contributed by atoms with E-state index in [2.05, 4.69) is 16.0 Å². The van der Waals surface area contributed by atoms with Crippen LogP contribution in [-0.2, 0) is 0 Å². The molecule has 1 radical (unpaired) electrons. The normalized spacial score (nSPS) is 12.0. The Kier molecular flexibility index (Phi) is 4.81. The third-order valence-corrected chi connectivity index (χ3v) is 3.94. The van der Waals surface area contributed by atoms with Gasteiger partial charge in [-0.25, -0.2) is 18.7 Å². The van der Waals surface area contributed by atoms with Crippen molar-refractivity contribution in [1.82, 2.24) is 9.97 Å². The number of rotatable bonds is 4. The molecule has 4 nitrogen and oxygen atoms in total. The molecule has 3 aromatic rings. The van der Waals surface area contributed by atoms with Crippen LogP contribution < -0.4 is 10.5 Å². The largest absolute Gasteiger partial charge is 0.467 e. The monoisotopic (exact) mass is 360 g/mol. The molecule has 0 spiro atoms. The Balaban J connectivity index is 1.94. The van der Waals surface area contributed by atoms with Gasteiger partial charge in [0.05, 0.1) is 16.9 Å². The molecule has 1 unspecified atom stereocenters. The molecule has 1 atom stereocenters. The van der Waals surface area contributed by atoms with Crippen molar-refractivity contribution in [3.05, 3.63) is 70.9 Å². The number of hydrogen-bond donors (Lipinski definition) is 1. The number of ether oxygens (including phenoxy) is 1. The van der Waals surface area contributed by atoms with Crippen LogP contribution in [0.3, 0.4) is 0 Å². The molecule has 0 bridgehead atoms. The summed E-state index contributed by atoms with van der Waals surface area (Å²) in [5.74, 6) is -1.37. The second-order valence-corrected chi connectivity index (χ2v) is 5.63. The van der Waals surface area contributed by atoms with Crippen LogP contribution in [0.4, 0.5) is 14.6 Å². The van der Waals surface area contributed by atoms with Crippen molar-refractivity contribution >= 4 is 17.4 Å². The number of hydrogen-bond acceptors (Lipinski definition) is 4. The van der Waals surface area contributed by atoms with Gasteiger partial charge in [0.25, 0.3) is 5.88 Å². The highest BCUT2D eigenvalue weighted by atomic mass is 35.5. The predicted octanol–water partition coefficient (Wildman–Crippen LogP) is 4.60. The van der Waals surface area contributed by atoms with E-state index in [1.807, 2.05) is 0 Å². The van der Waals surface area contributed by atoms with Crippen LogP contribution in [0.1, 0.15) is 18.6 Å². The molecule has 0 fully saturated rings. The molecule has 1 aromatic heterocycles. The van der Waals surface area contributed by atoms with Crippen LogP contribution in [0.2, 0.25) is 5.02 Å². The van der Waals surface area contributed by atoms with Crippen molar-refractivity contribution in [1.29, 1.82) is 0 Å². The van der Waals surface area contributed by atoms with Gasteiger partial charge < -0.3 is 10.5 Å². The highest BCUT2D eigenvalue weighted by Gasteiger charge is 2.21. The first kappa shape index (κ1) is 17.1. The highest BCUT2D eigenvalue weighted by molar-refractivity contribution is 6.31. The molecule has 0 amide bonds. The van der Waals surface area contributed by atoms with Crippen molar-refractivity contribution in [3.8, 4) is 17.1 Å². The molecule has 0 saturated heterocycles. The van der Waals surface area contributed by atoms with E-state index in [9.17, 15) is 8.78 Å². The highest BCUT2D eigenvalue weighted by Crippen LogP contribution is 2.33. The Morgan fingerprint density at radius 3 is 2.56 bits per heavy atom. The van der Waals surface area contributed by atoms with Crippen LogP contribution in [-0.4, -0.2) is 9.97 Å². The lowest BCUT2D eigenvalue weighted by molar-refractivity contribution is 0.213. The van der Waals surface area contributed by atoms with Gasteiger partial charge in [-0.2, -0.15) is 0 Å². The summed E-state index contributed by atoms with van der Waals surface area (Å²) in [5, 5.41) is -0.339. The second kappa shape index (κ2) is 7.03. The fourth-order valence-electron chi connectivity index (χ4n) is 2.31. The SMILES string of the molecule is CC(Oc1nc(-c2cc[c]cc2)cnc1N)c1c(F)ccc(F)c1Cl. The third-order valence-electron chi connectivity index (χ3n) is 3.56. The maximum atomic E-state index is 14.0. The van der Waals surface area contributed by atoms with Gasteiger partial charge in [-0.3, -0.25) is 0 Å². The van der Waals surface area contributed by atoms with Gasteiger partial charge >= 0.3 is 0 Å². The molecule has 3 rings (SSSR count). The van der Waals surface area contributed by atoms with Crippen molar-refractivity contribution in [2.45, 2.75) is 13.0 Å². The standard InChI is InChI=1S/C18H13ClF2N3O/c1-10(15-12(20)7-8-13(21)16(15)19)25-18-17(22)23-9-14(24-18)11-5-3-2-4-6-11/h3-10H,1H3,(H2,22,23). The lowest BCUT2D eigenvalue weighted by Gasteiger charge is -2.17. The number of aromatic nitrogens is 2. The second-order valence-electron chi connectivity index (χ2n) is 5.25. The summed E-state index contributed by atoms with van der Waals surface area (Å²) in [6.07, 6.45) is 0.581. The van der Waals surface area contributed by atoms with Gasteiger partial charge in [0.1, 0.15) is 17.7 Å². The zero-order valence-electron chi connectivity index (χ0n) is 13.1. The maximum absolute atomic E-state index is 14.0. The van der Waals surface area contributed by atoms with E-state index in [0.717, 1.165) is 17.7 Å². The number of anilines is 1. The summed E-state index contributed by atoms with van der Waals surface area (Å²) in [6, 6.07) is 11.9. The maximum Gasteiger partial charge on any atom is 0.258 e. The first-order valence-electron chi connectivity index (χ1n) is 7.36. The predicted molar refractivity (Wildman–Crippen MR) is 91.1 cm³/mol. The summed E-state index contributed by atoms with van der Waals surface area (Å²) in [4.78, 5) is 8.35. The fraction of sp³-hybridized carbons (Fsp3) is 0.111. The lowest BCUT2D eigenvalue weighted by Crippen LogP contribution is -2.10. The Morgan fingerprint density at radius 1 is 1.16 bits per heavy atom. The van der Waals surface area contributed by atoms with E-state index in [-0.39, 0.29) is 22.3 Å². The first-order valence-corrected chi connectivity index (χ1v) is 7.74. The molecule has 0 aliphatic rings. The Bertz CT molecular complexity index is 906. The van der Waals surface area contributed by atoms with Crippen LogP contribution in [0.25, 0.3) is 11.3 Å². The summed E-state index contributed by atoms with van der Waals surface area (Å²) >= 11 is 5.86. The minimum Gasteiger partial charge on any atom is -0.467 e. The fourth-order valence-corrected chi connectivity index (χ4v) is 2.61. The Hall–Kier alpha value is -2.73. The van der Waals surface area contributed by atoms with E-state index in [0.29, 0.717) is 5.69 Å². The summed E-state index contributed by atoms with van der Waals surface area (Å²) in [6.45, 7) is 1.52. The summed E-state index contributed by atoms with van der Waals surface area (Å²) in [7, 11) is 0. The zero-order chi connectivity index (χ0) is 18.0. The quantitative estimate of drug-likeness (QED) is 0.691. The molecule has 7 heteroatoms. The summed E-state index contributed by atoms with van der Waals surface area (Å²) < 4.78 is 33.3. The third kappa shape index (κ3) is 3.53. The van der Waals surface area contributed by atoms with Gasteiger partial charge in [-0.05, 0) is 25.1 Å². The molecule has 2 N–H and O–H groups in total. The van der Waals surface area contributed by atoms with E-state index >= 15 is 0 Å². The van der Waals surface area contributed by atoms with E-state index < -0.39 is 17.7 Å². The molecular weight excluding hydrogens is 348 g/mol. The smallest absolute Gasteiger partial charge is 0.258 e. The number of nitrogen functional groups attached to an aromatic ring is 1. The van der Waals surface area contributed by atoms with Gasteiger partial charge in [-0.15, -0.1) is 0 Å². The van der Waals surface area contributed by atoms with Gasteiger partial charge in [0.2, 0.25) is 0 Å². The van der Waals surface area contributed by atoms with Crippen LogP contribution in [0.15, 0.2) is 42.6 Å². The molecule has 127 valence electrons. The number of benzene rings is 2. The molecule has 0 saturated carbocycles. The molecule has 1 heterocycles. The molecular formula is C18H13ClF2N3O. The van der Waals surface area contributed by atoms with Gasteiger partial charge in [-0.1, -0.05) is 35.9 Å².